The van der Waals surface area contributed by atoms with Gasteiger partial charge in [-0.3, -0.25) is 9.59 Å². The van der Waals surface area contributed by atoms with E-state index in [0.29, 0.717) is 5.69 Å². The summed E-state index contributed by atoms with van der Waals surface area (Å²) in [6.07, 6.45) is 5.45. The van der Waals surface area contributed by atoms with Crippen LogP contribution in [-0.2, 0) is 4.79 Å². The molecule has 24 heavy (non-hydrogen) atoms. The molecule has 2 aromatic rings. The van der Waals surface area contributed by atoms with E-state index in [1.807, 2.05) is 12.1 Å². The summed E-state index contributed by atoms with van der Waals surface area (Å²) < 4.78 is 5.04. The zero-order chi connectivity index (χ0) is 16.9. The molecule has 0 unspecified atom stereocenters. The molecule has 7 nitrogen and oxygen atoms in total. The number of aromatic nitrogens is 1. The Hall–Kier alpha value is -2.83. The maximum atomic E-state index is 12.1. The maximum Gasteiger partial charge on any atom is 0.289 e. The lowest BCUT2D eigenvalue weighted by Crippen LogP contribution is -2.34. The molecular weight excluding hydrogens is 308 g/mol. The average Bonchev–Trinajstić information content (AvgIpc) is 3.28. The molecule has 0 aliphatic carbocycles. The van der Waals surface area contributed by atoms with E-state index in [1.165, 1.54) is 24.0 Å². The van der Waals surface area contributed by atoms with Crippen molar-refractivity contribution in [3.8, 4) is 0 Å². The third-order valence-corrected chi connectivity index (χ3v) is 3.92. The topological polar surface area (TPSA) is 78.7 Å². The Kier molecular flexibility index (Phi) is 4.79. The van der Waals surface area contributed by atoms with Crippen molar-refractivity contribution in [3.05, 3.63) is 42.5 Å². The Morgan fingerprint density at radius 3 is 2.71 bits per heavy atom. The molecule has 0 saturated carbocycles. The van der Waals surface area contributed by atoms with Gasteiger partial charge >= 0.3 is 0 Å². The minimum atomic E-state index is -0.336. The molecule has 3 rings (SSSR count). The van der Waals surface area contributed by atoms with Crippen LogP contribution in [0, 0.1) is 0 Å². The van der Waals surface area contributed by atoms with Gasteiger partial charge in [-0.05, 0) is 37.1 Å². The highest BCUT2D eigenvalue weighted by Gasteiger charge is 2.17. The average molecular weight is 328 g/mol. The first-order valence-corrected chi connectivity index (χ1v) is 7.93. The van der Waals surface area contributed by atoms with Gasteiger partial charge < -0.3 is 19.5 Å². The first kappa shape index (κ1) is 16.0. The Morgan fingerprint density at radius 2 is 2.08 bits per heavy atom. The number of furan rings is 1. The molecule has 1 fully saturated rings. The molecule has 1 N–H and O–H groups in total. The summed E-state index contributed by atoms with van der Waals surface area (Å²) in [6, 6.07) is 6.93. The van der Waals surface area contributed by atoms with Crippen molar-refractivity contribution < 1.29 is 14.0 Å². The van der Waals surface area contributed by atoms with E-state index in [1.54, 1.807) is 25.4 Å². The van der Waals surface area contributed by atoms with E-state index in [2.05, 4.69) is 15.2 Å². The lowest BCUT2D eigenvalue weighted by Gasteiger charge is -2.17. The van der Waals surface area contributed by atoms with Gasteiger partial charge in [-0.15, -0.1) is 0 Å². The van der Waals surface area contributed by atoms with Crippen molar-refractivity contribution in [2.75, 3.05) is 36.9 Å². The SMILES string of the molecule is CN(CC(=O)Nc1ccc(N2CCCC2)nc1)C(=O)c1ccco1. The number of pyridine rings is 1. The second-order valence-electron chi connectivity index (χ2n) is 5.79. The van der Waals surface area contributed by atoms with Crippen molar-refractivity contribution in [1.82, 2.24) is 9.88 Å². The quantitative estimate of drug-likeness (QED) is 0.908. The first-order chi connectivity index (χ1) is 11.6. The summed E-state index contributed by atoms with van der Waals surface area (Å²) in [5.41, 5.74) is 0.613. The molecule has 3 heterocycles. The monoisotopic (exact) mass is 328 g/mol. The zero-order valence-corrected chi connectivity index (χ0v) is 13.6. The van der Waals surface area contributed by atoms with Crippen LogP contribution in [-0.4, -0.2) is 48.4 Å². The van der Waals surface area contributed by atoms with Crippen LogP contribution in [0.15, 0.2) is 41.1 Å². The van der Waals surface area contributed by atoms with Crippen molar-refractivity contribution in [3.63, 3.8) is 0 Å². The van der Waals surface area contributed by atoms with E-state index in [4.69, 9.17) is 4.42 Å². The van der Waals surface area contributed by atoms with Gasteiger partial charge in [-0.25, -0.2) is 4.98 Å². The Balaban J connectivity index is 1.53. The number of likely N-dealkylation sites (N-methyl/N-ethyl adjacent to an activating group) is 1. The van der Waals surface area contributed by atoms with Gasteiger partial charge in [0.25, 0.3) is 5.91 Å². The summed E-state index contributed by atoms with van der Waals surface area (Å²) >= 11 is 0. The van der Waals surface area contributed by atoms with E-state index in [-0.39, 0.29) is 24.1 Å². The molecule has 1 aliphatic rings. The number of amides is 2. The second-order valence-corrected chi connectivity index (χ2v) is 5.79. The normalized spacial score (nSPS) is 13.8. The predicted octanol–water partition coefficient (Wildman–Crippen LogP) is 1.99. The summed E-state index contributed by atoms with van der Waals surface area (Å²) in [5, 5.41) is 2.75. The van der Waals surface area contributed by atoms with Crippen LogP contribution in [0.5, 0.6) is 0 Å². The van der Waals surface area contributed by atoms with Gasteiger partial charge in [-0.1, -0.05) is 0 Å². The third-order valence-electron chi connectivity index (χ3n) is 3.92. The lowest BCUT2D eigenvalue weighted by atomic mass is 10.3. The summed E-state index contributed by atoms with van der Waals surface area (Å²) in [7, 11) is 1.55. The number of hydrogen-bond donors (Lipinski definition) is 1. The molecule has 2 amide bonds. The van der Waals surface area contributed by atoms with E-state index >= 15 is 0 Å². The van der Waals surface area contributed by atoms with E-state index < -0.39 is 0 Å². The van der Waals surface area contributed by atoms with Gasteiger partial charge in [0, 0.05) is 20.1 Å². The standard InChI is InChI=1S/C17H20N4O3/c1-20(17(23)14-5-4-10-24-14)12-16(22)19-13-6-7-15(18-11-13)21-8-2-3-9-21/h4-7,10-11H,2-3,8-9,12H2,1H3,(H,19,22). The van der Waals surface area contributed by atoms with Crippen LogP contribution in [0.1, 0.15) is 23.4 Å². The second kappa shape index (κ2) is 7.16. The lowest BCUT2D eigenvalue weighted by molar-refractivity contribution is -0.116. The van der Waals surface area contributed by atoms with Crippen LogP contribution in [0.3, 0.4) is 0 Å². The zero-order valence-electron chi connectivity index (χ0n) is 13.6. The van der Waals surface area contributed by atoms with Crippen LogP contribution in [0.2, 0.25) is 0 Å². The van der Waals surface area contributed by atoms with Crippen LogP contribution >= 0.6 is 0 Å². The fourth-order valence-electron chi connectivity index (χ4n) is 2.67. The molecule has 0 bridgehead atoms. The summed E-state index contributed by atoms with van der Waals surface area (Å²) in [4.78, 5) is 32.0. The highest BCUT2D eigenvalue weighted by Crippen LogP contribution is 2.19. The largest absolute Gasteiger partial charge is 0.459 e. The first-order valence-electron chi connectivity index (χ1n) is 7.93. The van der Waals surface area contributed by atoms with Gasteiger partial charge in [0.05, 0.1) is 24.7 Å². The highest BCUT2D eigenvalue weighted by molar-refractivity contribution is 5.97. The van der Waals surface area contributed by atoms with Gasteiger partial charge in [0.2, 0.25) is 5.91 Å². The van der Waals surface area contributed by atoms with Crippen molar-refractivity contribution in [2.24, 2.45) is 0 Å². The molecule has 0 spiro atoms. The van der Waals surface area contributed by atoms with Gasteiger partial charge in [-0.2, -0.15) is 0 Å². The fourth-order valence-corrected chi connectivity index (χ4v) is 2.67. The third kappa shape index (κ3) is 3.73. The molecule has 2 aromatic heterocycles. The molecule has 1 aliphatic heterocycles. The number of hydrogen-bond acceptors (Lipinski definition) is 5. The maximum absolute atomic E-state index is 12.1. The fraction of sp³-hybridized carbons (Fsp3) is 0.353. The Labute approximate surface area is 140 Å². The smallest absolute Gasteiger partial charge is 0.289 e. The van der Waals surface area contributed by atoms with Crippen LogP contribution in [0.25, 0.3) is 0 Å². The number of carbonyl (C=O) groups is 2. The number of nitrogens with zero attached hydrogens (tertiary/aromatic N) is 3. The number of nitrogens with one attached hydrogen (secondary N) is 1. The molecule has 126 valence electrons. The van der Waals surface area contributed by atoms with Crippen LogP contribution < -0.4 is 10.2 Å². The summed E-state index contributed by atoms with van der Waals surface area (Å²) in [5.74, 6) is 0.517. The van der Waals surface area contributed by atoms with Gasteiger partial charge in [0.15, 0.2) is 5.76 Å². The molecule has 0 radical (unpaired) electrons. The minimum absolute atomic E-state index is 0.0621. The molecule has 0 aromatic carbocycles. The number of carbonyl (C=O) groups excluding carboxylic acids is 2. The van der Waals surface area contributed by atoms with Crippen molar-refractivity contribution >= 4 is 23.3 Å². The number of anilines is 2. The van der Waals surface area contributed by atoms with E-state index in [9.17, 15) is 9.59 Å². The van der Waals surface area contributed by atoms with Crippen LogP contribution in [0.4, 0.5) is 11.5 Å². The molecule has 0 atom stereocenters. The van der Waals surface area contributed by atoms with Gasteiger partial charge in [0.1, 0.15) is 5.82 Å². The minimum Gasteiger partial charge on any atom is -0.459 e. The van der Waals surface area contributed by atoms with Crippen molar-refractivity contribution in [1.29, 1.82) is 0 Å². The molecule has 1 saturated heterocycles. The number of rotatable bonds is 5. The Bertz CT molecular complexity index is 691. The highest BCUT2D eigenvalue weighted by atomic mass is 16.3. The summed E-state index contributed by atoms with van der Waals surface area (Å²) in [6.45, 7) is 1.99. The Morgan fingerprint density at radius 1 is 1.29 bits per heavy atom. The van der Waals surface area contributed by atoms with E-state index in [0.717, 1.165) is 18.9 Å². The van der Waals surface area contributed by atoms with Crippen molar-refractivity contribution in [2.45, 2.75) is 12.8 Å². The predicted molar refractivity (Wildman–Crippen MR) is 90.0 cm³/mol. The molecule has 7 heteroatoms. The molecular formula is C17H20N4O3.